The van der Waals surface area contributed by atoms with E-state index < -0.39 is 29.2 Å². The Kier molecular flexibility index (Phi) is 12.1. The lowest BCUT2D eigenvalue weighted by Gasteiger charge is -2.28. The summed E-state index contributed by atoms with van der Waals surface area (Å²) in [6.07, 6.45) is 0. The van der Waals surface area contributed by atoms with Gasteiger partial charge in [0.2, 0.25) is 5.41 Å². The predicted molar refractivity (Wildman–Crippen MR) is 257 cm³/mol. The number of benzene rings is 4. The Morgan fingerprint density at radius 2 is 0.985 bits per heavy atom. The third-order valence-corrected chi connectivity index (χ3v) is 15.2. The zero-order valence-electron chi connectivity index (χ0n) is 35.2. The Labute approximate surface area is 399 Å². The number of carbonyl (C=O) groups is 4. The highest BCUT2D eigenvalue weighted by atomic mass is 32.2. The predicted octanol–water partition coefficient (Wildman–Crippen LogP) is 9.64. The number of thiophene rings is 2. The summed E-state index contributed by atoms with van der Waals surface area (Å²) in [7, 11) is 0. The molecule has 0 N–H and O–H groups in total. The van der Waals surface area contributed by atoms with Crippen LogP contribution in [-0.2, 0) is 47.3 Å². The largest absolute Gasteiger partial charge is 0.459 e. The lowest BCUT2D eigenvalue weighted by molar-refractivity contribution is -0.164. The molecule has 4 heterocycles. The zero-order valence-corrected chi connectivity index (χ0v) is 38.5. The van der Waals surface area contributed by atoms with E-state index in [9.17, 15) is 30.6 Å². The fourth-order valence-corrected chi connectivity index (χ4v) is 12.1. The highest BCUT2D eigenvalue weighted by Gasteiger charge is 2.58. The summed E-state index contributed by atoms with van der Waals surface area (Å²) in [5.41, 5.74) is 0.595. The fourth-order valence-electron chi connectivity index (χ4n) is 7.98. The number of hydrogen-bond acceptors (Lipinski definition) is 16. The van der Waals surface area contributed by atoms with Crippen molar-refractivity contribution in [3.8, 4) is 35.4 Å². The quantitative estimate of drug-likeness (QED) is 0.0713. The van der Waals surface area contributed by atoms with Gasteiger partial charge in [0.05, 0.1) is 0 Å². The van der Waals surface area contributed by atoms with Gasteiger partial charge in [0, 0.05) is 22.5 Å². The van der Waals surface area contributed by atoms with Crippen molar-refractivity contribution in [2.45, 2.75) is 32.5 Å². The van der Waals surface area contributed by atoms with E-state index in [-0.39, 0.29) is 57.6 Å². The van der Waals surface area contributed by atoms with Crippen LogP contribution >= 0.6 is 46.2 Å². The van der Waals surface area contributed by atoms with Crippen LogP contribution < -0.4 is 0 Å². The minimum Gasteiger partial charge on any atom is -0.459 e. The molecule has 18 heteroatoms. The standard InChI is InChI=1S/C49H30N8O6S4/c1-3-56-43(58)41(66-45(56)31(21-50)22-51)54-39-17-29-15-35-33(19-37(29)64-39)34-20-38-30(18-40(65-38)55-42-44(59)57(4-2)46(67-42)32(23-52)24-53)16-36(34)49(35,47(60)62-25-27-11-7-5-8-12-27)48(61)63-26-28-13-9-6-10-14-28/h5-20H,3-4,25-26H2,1-2H3. The first-order chi connectivity index (χ1) is 32.6. The van der Waals surface area contributed by atoms with Crippen LogP contribution in [0.5, 0.6) is 0 Å². The number of allylic oxidation sites excluding steroid dienone is 2. The van der Waals surface area contributed by atoms with Gasteiger partial charge in [-0.2, -0.15) is 21.0 Å². The molecule has 0 unspecified atom stereocenters. The second-order valence-corrected chi connectivity index (χ2v) is 18.9. The van der Waals surface area contributed by atoms with Crippen LogP contribution in [-0.4, -0.2) is 56.7 Å². The summed E-state index contributed by atoms with van der Waals surface area (Å²) >= 11 is 4.44. The van der Waals surface area contributed by atoms with Gasteiger partial charge in [-0.25, -0.2) is 9.98 Å². The minimum absolute atomic E-state index is 0.0787. The second-order valence-electron chi connectivity index (χ2n) is 14.9. The van der Waals surface area contributed by atoms with E-state index in [1.165, 1.54) is 32.5 Å². The molecule has 2 fully saturated rings. The summed E-state index contributed by atoms with van der Waals surface area (Å²) in [5, 5.41) is 41.0. The maximum atomic E-state index is 15.2. The Morgan fingerprint density at radius 3 is 1.34 bits per heavy atom. The van der Waals surface area contributed by atoms with E-state index >= 15 is 9.59 Å². The van der Waals surface area contributed by atoms with Crippen LogP contribution in [0.3, 0.4) is 0 Å². The van der Waals surface area contributed by atoms with E-state index in [0.717, 1.165) is 32.9 Å². The van der Waals surface area contributed by atoms with E-state index in [2.05, 4.69) is 9.98 Å². The first kappa shape index (κ1) is 44.4. The Hall–Kier alpha value is -7.84. The molecule has 2 saturated heterocycles. The number of esters is 2. The van der Waals surface area contributed by atoms with Crippen LogP contribution in [0.2, 0.25) is 0 Å². The first-order valence-corrected chi connectivity index (χ1v) is 23.7. The number of amides is 2. The molecule has 4 aromatic carbocycles. The Balaban J connectivity index is 1.22. The van der Waals surface area contributed by atoms with E-state index in [0.29, 0.717) is 54.2 Å². The molecule has 2 aliphatic heterocycles. The molecule has 326 valence electrons. The van der Waals surface area contributed by atoms with Crippen LogP contribution in [0, 0.1) is 45.3 Å². The van der Waals surface area contributed by atoms with Gasteiger partial charge in [-0.15, -0.1) is 22.7 Å². The second kappa shape index (κ2) is 18.2. The Bertz CT molecular complexity index is 3180. The normalized spacial score (nSPS) is 15.9. The molecule has 0 radical (unpaired) electrons. The molecule has 1 aliphatic carbocycles. The van der Waals surface area contributed by atoms with Crippen molar-refractivity contribution in [1.82, 2.24) is 9.80 Å². The van der Waals surface area contributed by atoms with Crippen LogP contribution in [0.1, 0.15) is 36.1 Å². The summed E-state index contributed by atoms with van der Waals surface area (Å²) < 4.78 is 13.7. The average molecular weight is 955 g/mol. The zero-order chi connectivity index (χ0) is 47.0. The van der Waals surface area contributed by atoms with Crippen LogP contribution in [0.25, 0.3) is 31.3 Å². The maximum absolute atomic E-state index is 15.2. The lowest BCUT2D eigenvalue weighted by atomic mass is 9.77. The highest BCUT2D eigenvalue weighted by Crippen LogP contribution is 2.55. The lowest BCUT2D eigenvalue weighted by Crippen LogP contribution is -2.45. The summed E-state index contributed by atoms with van der Waals surface area (Å²) in [4.78, 5) is 69.3. The topological polar surface area (TPSA) is 213 Å². The summed E-state index contributed by atoms with van der Waals surface area (Å²) in [6, 6.07) is 36.3. The monoisotopic (exact) mass is 954 g/mol. The molecular formula is C49H30N8O6S4. The van der Waals surface area contributed by atoms with E-state index in [1.807, 2.05) is 72.8 Å². The number of nitriles is 4. The molecule has 0 atom stereocenters. The van der Waals surface area contributed by atoms with Crippen molar-refractivity contribution in [3.63, 3.8) is 0 Å². The molecule has 6 aromatic rings. The van der Waals surface area contributed by atoms with Crippen molar-refractivity contribution in [2.24, 2.45) is 9.98 Å². The number of thioether (sulfide) groups is 2. The summed E-state index contributed by atoms with van der Waals surface area (Å²) in [5.74, 6) is -2.63. The SMILES string of the molecule is CCN1C(=O)C(=Nc2cc3cc4c(cc3s2)-c2cc3sc(N=C5SC(=C(C#N)C#N)N(CC)C5=O)cc3cc2C4(C(=O)OCc2ccccc2)C(=O)OCc2ccccc2)SC1=C(C#N)C#N. The maximum Gasteiger partial charge on any atom is 0.333 e. The van der Waals surface area contributed by atoms with Crippen molar-refractivity contribution in [1.29, 1.82) is 21.0 Å². The Morgan fingerprint density at radius 1 is 0.597 bits per heavy atom. The third kappa shape index (κ3) is 7.72. The van der Waals surface area contributed by atoms with E-state index in [1.54, 1.807) is 62.4 Å². The van der Waals surface area contributed by atoms with Gasteiger partial charge in [-0.05, 0) is 118 Å². The molecule has 0 saturated carbocycles. The third-order valence-electron chi connectivity index (χ3n) is 11.1. The smallest absolute Gasteiger partial charge is 0.333 e. The van der Waals surface area contributed by atoms with Crippen molar-refractivity contribution >= 4 is 110 Å². The van der Waals surface area contributed by atoms with E-state index in [4.69, 9.17) is 9.47 Å². The van der Waals surface area contributed by atoms with Gasteiger partial charge in [-0.3, -0.25) is 29.0 Å². The number of ether oxygens (including phenoxy) is 2. The summed E-state index contributed by atoms with van der Waals surface area (Å²) in [6.45, 7) is 3.63. The minimum atomic E-state index is -2.15. The first-order valence-electron chi connectivity index (χ1n) is 20.4. The molecular weight excluding hydrogens is 925 g/mol. The molecule has 67 heavy (non-hydrogen) atoms. The number of aliphatic imine (C=N–C) groups is 2. The van der Waals surface area contributed by atoms with Crippen molar-refractivity contribution in [3.05, 3.63) is 141 Å². The highest BCUT2D eigenvalue weighted by molar-refractivity contribution is 8.20. The number of carbonyl (C=O) groups excluding carboxylic acids is 4. The molecule has 3 aliphatic rings. The van der Waals surface area contributed by atoms with Crippen LogP contribution in [0.15, 0.2) is 128 Å². The molecule has 2 aromatic heterocycles. The van der Waals surface area contributed by atoms with Gasteiger partial charge in [0.15, 0.2) is 21.2 Å². The van der Waals surface area contributed by atoms with Gasteiger partial charge in [0.1, 0.15) is 57.6 Å². The van der Waals surface area contributed by atoms with Crippen molar-refractivity contribution < 1.29 is 28.7 Å². The van der Waals surface area contributed by atoms with Gasteiger partial charge < -0.3 is 9.47 Å². The van der Waals surface area contributed by atoms with Gasteiger partial charge in [0.25, 0.3) is 11.8 Å². The number of rotatable bonds is 10. The molecule has 9 rings (SSSR count). The molecule has 2 amide bonds. The number of fused-ring (bicyclic) bond motifs is 5. The van der Waals surface area contributed by atoms with Crippen molar-refractivity contribution in [2.75, 3.05) is 13.1 Å². The van der Waals surface area contributed by atoms with Gasteiger partial charge in [-0.1, -0.05) is 60.7 Å². The molecule has 0 spiro atoms. The van der Waals surface area contributed by atoms with Gasteiger partial charge >= 0.3 is 11.9 Å². The number of hydrogen-bond donors (Lipinski definition) is 0. The molecule has 0 bridgehead atoms. The fraction of sp³-hybridized carbons (Fsp3) is 0.143. The number of nitrogens with zero attached hydrogens (tertiary/aromatic N) is 8. The molecule has 14 nitrogen and oxygen atoms in total. The van der Waals surface area contributed by atoms with Crippen LogP contribution in [0.4, 0.5) is 10.0 Å². The average Bonchev–Trinajstić information content (AvgIpc) is 4.15.